The Morgan fingerprint density at radius 3 is 2.25 bits per heavy atom. The van der Waals surface area contributed by atoms with Crippen molar-refractivity contribution in [1.29, 1.82) is 0 Å². The minimum atomic E-state index is -0.225. The van der Waals surface area contributed by atoms with Crippen LogP contribution in [0.3, 0.4) is 0 Å². The molecule has 5 heteroatoms. The van der Waals surface area contributed by atoms with Gasteiger partial charge in [-0.05, 0) is 0 Å². The first-order valence-electron chi connectivity index (χ1n) is 2.13. The Morgan fingerprint density at radius 1 is 1.50 bits per heavy atom. The van der Waals surface area contributed by atoms with Crippen molar-refractivity contribution in [3.63, 3.8) is 0 Å². The molecule has 0 radical (unpaired) electrons. The van der Waals surface area contributed by atoms with Crippen LogP contribution in [0.4, 0.5) is 0 Å². The minimum Gasteiger partial charge on any atom is -0.394 e. The van der Waals surface area contributed by atoms with E-state index in [2.05, 4.69) is 28.0 Å². The molecule has 0 aromatic rings. The Hall–Kier alpha value is 0.740. The van der Waals surface area contributed by atoms with Gasteiger partial charge in [0, 0.05) is 18.9 Å². The van der Waals surface area contributed by atoms with Crippen LogP contribution < -0.4 is 0 Å². The van der Waals surface area contributed by atoms with Crippen molar-refractivity contribution in [3.8, 4) is 0 Å². The molecule has 0 fully saturated rings. The lowest BCUT2D eigenvalue weighted by atomic mass is 10.4. The highest BCUT2D eigenvalue weighted by Crippen LogP contribution is 1.99. The predicted molar refractivity (Wildman–Crippen MR) is 37.3 cm³/mol. The van der Waals surface area contributed by atoms with Crippen molar-refractivity contribution in [2.45, 2.75) is 6.10 Å². The molecular weight excluding hydrogens is 146 g/mol. The monoisotopic (exact) mass is 156 g/mol. The topological polar surface area (TPSA) is 38.7 Å². The van der Waals surface area contributed by atoms with E-state index in [0.717, 1.165) is 0 Å². The zero-order chi connectivity index (χ0) is 6.41. The van der Waals surface area contributed by atoms with Crippen molar-refractivity contribution in [2.75, 3.05) is 13.2 Å². The first kappa shape index (κ1) is 8.74. The van der Waals surface area contributed by atoms with Crippen molar-refractivity contribution in [2.24, 2.45) is 0 Å². The SMILES string of the molecule is OCC(COP)OP. The lowest BCUT2D eigenvalue weighted by Crippen LogP contribution is -2.17. The molecule has 8 heavy (non-hydrogen) atoms. The normalized spacial score (nSPS) is 13.9. The van der Waals surface area contributed by atoms with Gasteiger partial charge in [0.05, 0.1) is 13.2 Å². The van der Waals surface area contributed by atoms with Gasteiger partial charge >= 0.3 is 0 Å². The summed E-state index contributed by atoms with van der Waals surface area (Å²) >= 11 is 0. The van der Waals surface area contributed by atoms with E-state index in [1.807, 2.05) is 0 Å². The van der Waals surface area contributed by atoms with Crippen LogP contribution in [0.5, 0.6) is 0 Å². The van der Waals surface area contributed by atoms with Gasteiger partial charge in [-0.25, -0.2) is 0 Å². The fraction of sp³-hybridized carbons (Fsp3) is 1.00. The molecule has 0 aliphatic heterocycles. The van der Waals surface area contributed by atoms with Gasteiger partial charge in [0.15, 0.2) is 0 Å². The number of rotatable bonds is 4. The maximum Gasteiger partial charge on any atom is 0.108 e. The molecule has 0 heterocycles. The van der Waals surface area contributed by atoms with Gasteiger partial charge in [-0.3, -0.25) is 0 Å². The first-order chi connectivity index (χ1) is 3.85. The van der Waals surface area contributed by atoms with Crippen molar-refractivity contribution < 1.29 is 14.2 Å². The van der Waals surface area contributed by atoms with E-state index in [-0.39, 0.29) is 12.7 Å². The second-order valence-electron chi connectivity index (χ2n) is 1.27. The number of hydrogen-bond acceptors (Lipinski definition) is 3. The number of hydrogen-bond donors (Lipinski definition) is 1. The predicted octanol–water partition coefficient (Wildman–Crippen LogP) is -0.0393. The smallest absolute Gasteiger partial charge is 0.108 e. The van der Waals surface area contributed by atoms with Crippen LogP contribution in [0.1, 0.15) is 0 Å². The van der Waals surface area contributed by atoms with Crippen LogP contribution in [0.25, 0.3) is 0 Å². The van der Waals surface area contributed by atoms with E-state index >= 15 is 0 Å². The maximum absolute atomic E-state index is 8.43. The third-order valence-corrected chi connectivity index (χ3v) is 1.26. The highest BCUT2D eigenvalue weighted by molar-refractivity contribution is 7.10. The van der Waals surface area contributed by atoms with Gasteiger partial charge in [-0.15, -0.1) is 0 Å². The lowest BCUT2D eigenvalue weighted by molar-refractivity contribution is 0.0944. The van der Waals surface area contributed by atoms with Crippen LogP contribution in [0.15, 0.2) is 0 Å². The molecule has 0 saturated heterocycles. The van der Waals surface area contributed by atoms with Gasteiger partial charge < -0.3 is 14.2 Å². The van der Waals surface area contributed by atoms with E-state index in [0.29, 0.717) is 6.61 Å². The second-order valence-corrected chi connectivity index (χ2v) is 1.88. The fourth-order valence-corrected chi connectivity index (χ4v) is 0.622. The van der Waals surface area contributed by atoms with Crippen molar-refractivity contribution in [1.82, 2.24) is 0 Å². The summed E-state index contributed by atoms with van der Waals surface area (Å²) in [4.78, 5) is 0. The van der Waals surface area contributed by atoms with Gasteiger partial charge in [0.25, 0.3) is 0 Å². The second kappa shape index (κ2) is 5.87. The molecular formula is C3H10O3P2. The third-order valence-electron chi connectivity index (χ3n) is 0.678. The van der Waals surface area contributed by atoms with Gasteiger partial charge in [-0.1, -0.05) is 0 Å². The highest BCUT2D eigenvalue weighted by atomic mass is 31.0. The molecule has 0 amide bonds. The molecule has 3 nitrogen and oxygen atoms in total. The van der Waals surface area contributed by atoms with E-state index in [1.165, 1.54) is 0 Å². The van der Waals surface area contributed by atoms with Crippen molar-refractivity contribution >= 4 is 18.9 Å². The number of aliphatic hydroxyl groups is 1. The average molecular weight is 156 g/mol. The van der Waals surface area contributed by atoms with E-state index < -0.39 is 0 Å². The van der Waals surface area contributed by atoms with Crippen LogP contribution >= 0.6 is 18.9 Å². The highest BCUT2D eigenvalue weighted by Gasteiger charge is 2.02. The summed E-state index contributed by atoms with van der Waals surface area (Å²) in [5.41, 5.74) is 0. The van der Waals surface area contributed by atoms with Crippen LogP contribution in [0.2, 0.25) is 0 Å². The molecule has 3 atom stereocenters. The molecule has 0 aliphatic rings. The summed E-state index contributed by atoms with van der Waals surface area (Å²) in [6.45, 7) is 0.378. The first-order valence-corrected chi connectivity index (χ1v) is 3.07. The zero-order valence-electron chi connectivity index (χ0n) is 4.41. The molecule has 0 saturated carbocycles. The molecule has 3 unspecified atom stereocenters. The van der Waals surface area contributed by atoms with Crippen molar-refractivity contribution in [3.05, 3.63) is 0 Å². The molecule has 0 rings (SSSR count). The third kappa shape index (κ3) is 3.71. The van der Waals surface area contributed by atoms with E-state index in [1.54, 1.807) is 0 Å². The summed E-state index contributed by atoms with van der Waals surface area (Å²) in [5, 5.41) is 8.43. The summed E-state index contributed by atoms with van der Waals surface area (Å²) in [7, 11) is 4.15. The van der Waals surface area contributed by atoms with Crippen LogP contribution in [0, 0.1) is 0 Å². The molecule has 1 N–H and O–H groups in total. The summed E-state index contributed by atoms with van der Waals surface area (Å²) in [6, 6.07) is 0. The van der Waals surface area contributed by atoms with Gasteiger partial charge in [0.2, 0.25) is 0 Å². The Labute approximate surface area is 53.3 Å². The lowest BCUT2D eigenvalue weighted by Gasteiger charge is -2.08. The van der Waals surface area contributed by atoms with Crippen LogP contribution in [-0.4, -0.2) is 24.4 Å². The van der Waals surface area contributed by atoms with Crippen LogP contribution in [-0.2, 0) is 9.05 Å². The van der Waals surface area contributed by atoms with Gasteiger partial charge in [0.1, 0.15) is 6.10 Å². The summed E-state index contributed by atoms with van der Waals surface area (Å²) in [5.74, 6) is 0. The van der Waals surface area contributed by atoms with E-state index in [4.69, 9.17) is 5.11 Å². The average Bonchev–Trinajstić information content (AvgIpc) is 1.83. The Morgan fingerprint density at radius 2 is 2.12 bits per heavy atom. The minimum absolute atomic E-state index is 0.0160. The Balaban J connectivity index is 3.07. The molecule has 50 valence electrons. The summed E-state index contributed by atoms with van der Waals surface area (Å²) in [6.07, 6.45) is -0.225. The molecule has 0 aromatic carbocycles. The molecule has 0 aromatic heterocycles. The van der Waals surface area contributed by atoms with E-state index in [9.17, 15) is 0 Å². The fourth-order valence-electron chi connectivity index (χ4n) is 0.242. The standard InChI is InChI=1S/C3H10O3P2/c4-1-3(6-8)2-5-7/h3-4H,1-2,7-8H2. The molecule has 0 bridgehead atoms. The molecule has 0 aliphatic carbocycles. The Kier molecular flexibility index (Phi) is 6.41. The zero-order valence-corrected chi connectivity index (χ0v) is 6.72. The maximum atomic E-state index is 8.43. The number of aliphatic hydroxyl groups excluding tert-OH is 1. The summed E-state index contributed by atoms with van der Waals surface area (Å²) < 4.78 is 9.27. The largest absolute Gasteiger partial charge is 0.394 e. The Bertz CT molecular complexity index is 47.8. The quantitative estimate of drug-likeness (QED) is 0.580. The van der Waals surface area contributed by atoms with Gasteiger partial charge in [-0.2, -0.15) is 0 Å². The molecule has 0 spiro atoms.